The van der Waals surface area contributed by atoms with Crippen molar-refractivity contribution in [2.45, 2.75) is 26.2 Å². The van der Waals surface area contributed by atoms with Crippen molar-refractivity contribution < 1.29 is 19.1 Å². The third-order valence-electron chi connectivity index (χ3n) is 8.52. The summed E-state index contributed by atoms with van der Waals surface area (Å²) in [4.78, 5) is 40.5. The largest absolute Gasteiger partial charge is 0.497 e. The first-order chi connectivity index (χ1) is 24.1. The number of amides is 2. The van der Waals surface area contributed by atoms with Gasteiger partial charge in [0.05, 0.1) is 25.3 Å². The predicted molar refractivity (Wildman–Crippen MR) is 199 cm³/mol. The summed E-state index contributed by atoms with van der Waals surface area (Å²) < 4.78 is 10.7. The number of hydrogen-bond acceptors (Lipinski definition) is 7. The summed E-state index contributed by atoms with van der Waals surface area (Å²) in [6.45, 7) is 1.48. The zero-order valence-corrected chi connectivity index (χ0v) is 29.7. The van der Waals surface area contributed by atoms with E-state index in [-0.39, 0.29) is 11.8 Å². The molecule has 0 aliphatic carbocycles. The summed E-state index contributed by atoms with van der Waals surface area (Å²) in [6, 6.07) is 33.3. The van der Waals surface area contributed by atoms with Gasteiger partial charge in [-0.3, -0.25) is 14.6 Å². The summed E-state index contributed by atoms with van der Waals surface area (Å²) >= 11 is 0. The van der Waals surface area contributed by atoms with Gasteiger partial charge >= 0.3 is 0 Å². The van der Waals surface area contributed by atoms with Crippen LogP contribution in [-0.2, 0) is 26.2 Å². The number of anilines is 2. The van der Waals surface area contributed by atoms with Crippen LogP contribution in [0, 0.1) is 0 Å². The summed E-state index contributed by atoms with van der Waals surface area (Å²) in [6.07, 6.45) is 3.06. The van der Waals surface area contributed by atoms with Crippen LogP contribution in [0.2, 0.25) is 0 Å². The van der Waals surface area contributed by atoms with E-state index >= 15 is 0 Å². The third-order valence-corrected chi connectivity index (χ3v) is 8.52. The lowest BCUT2D eigenvalue weighted by atomic mass is 10.1. The molecule has 2 amide bonds. The summed E-state index contributed by atoms with van der Waals surface area (Å²) in [5, 5.41) is 0. The number of benzene rings is 4. The number of carbonyl (C=O) groups excluding carboxylic acids is 2. The number of aromatic nitrogens is 1. The Morgan fingerprint density at radius 3 is 1.08 bits per heavy atom. The molecule has 4 aromatic carbocycles. The molecule has 0 N–H and O–H groups in total. The smallest absolute Gasteiger partial charge is 0.256 e. The number of ether oxygens (including phenoxy) is 2. The van der Waals surface area contributed by atoms with Gasteiger partial charge in [-0.05, 0) is 76.9 Å². The zero-order chi connectivity index (χ0) is 35.6. The van der Waals surface area contributed by atoms with E-state index < -0.39 is 0 Å². The van der Waals surface area contributed by atoms with Crippen molar-refractivity contribution in [2.24, 2.45) is 0 Å². The van der Waals surface area contributed by atoms with Crippen molar-refractivity contribution in [1.29, 1.82) is 0 Å². The van der Waals surface area contributed by atoms with Gasteiger partial charge in [0.2, 0.25) is 0 Å². The first-order valence-electron chi connectivity index (χ1n) is 16.5. The first-order valence-corrected chi connectivity index (χ1v) is 16.5. The molecule has 0 spiro atoms. The number of rotatable bonds is 14. The fourth-order valence-corrected chi connectivity index (χ4v) is 5.58. The van der Waals surface area contributed by atoms with Gasteiger partial charge in [-0.25, -0.2) is 0 Å². The van der Waals surface area contributed by atoms with E-state index in [1.54, 1.807) is 30.1 Å². The Morgan fingerprint density at radius 1 is 0.500 bits per heavy atom. The molecule has 1 aromatic heterocycles. The van der Waals surface area contributed by atoms with E-state index in [4.69, 9.17) is 9.47 Å². The lowest BCUT2D eigenvalue weighted by Gasteiger charge is -2.25. The van der Waals surface area contributed by atoms with E-state index in [0.29, 0.717) is 37.3 Å². The van der Waals surface area contributed by atoms with Crippen LogP contribution in [0.1, 0.15) is 43.0 Å². The highest BCUT2D eigenvalue weighted by atomic mass is 16.5. The average Bonchev–Trinajstić information content (AvgIpc) is 3.14. The molecule has 9 nitrogen and oxygen atoms in total. The molecule has 5 aromatic rings. The number of pyridine rings is 1. The molecule has 0 saturated carbocycles. The number of hydrogen-bond donors (Lipinski definition) is 0. The minimum atomic E-state index is -0.222. The van der Waals surface area contributed by atoms with Crippen molar-refractivity contribution in [3.05, 3.63) is 149 Å². The lowest BCUT2D eigenvalue weighted by molar-refractivity contribution is 0.0726. The van der Waals surface area contributed by atoms with Crippen LogP contribution in [0.25, 0.3) is 0 Å². The normalized spacial score (nSPS) is 10.7. The highest BCUT2D eigenvalue weighted by Gasteiger charge is 2.22. The highest BCUT2D eigenvalue weighted by molar-refractivity contribution is 5.99. The van der Waals surface area contributed by atoms with Crippen molar-refractivity contribution in [3.8, 4) is 11.5 Å². The molecule has 0 atom stereocenters. The highest BCUT2D eigenvalue weighted by Crippen LogP contribution is 2.22. The van der Waals surface area contributed by atoms with Crippen LogP contribution in [0.3, 0.4) is 0 Å². The zero-order valence-electron chi connectivity index (χ0n) is 29.7. The van der Waals surface area contributed by atoms with Gasteiger partial charge in [0, 0.05) is 78.1 Å². The quantitative estimate of drug-likeness (QED) is 0.127. The molecule has 0 unspecified atom stereocenters. The summed E-state index contributed by atoms with van der Waals surface area (Å²) in [7, 11) is 11.2. The maximum absolute atomic E-state index is 14.2. The second kappa shape index (κ2) is 16.5. The molecule has 50 heavy (non-hydrogen) atoms. The Bertz CT molecular complexity index is 1720. The van der Waals surface area contributed by atoms with Crippen molar-refractivity contribution >= 4 is 23.2 Å². The summed E-state index contributed by atoms with van der Waals surface area (Å²) in [5.41, 5.74) is 6.72. The molecule has 258 valence electrons. The lowest BCUT2D eigenvalue weighted by Crippen LogP contribution is -2.32. The fraction of sp³-hybridized carbons (Fsp3) is 0.244. The van der Waals surface area contributed by atoms with Crippen molar-refractivity contribution in [1.82, 2.24) is 14.8 Å². The van der Waals surface area contributed by atoms with E-state index in [0.717, 1.165) is 45.1 Å². The molecule has 9 heteroatoms. The molecular weight excluding hydrogens is 626 g/mol. The Hall–Kier alpha value is -5.83. The van der Waals surface area contributed by atoms with Crippen LogP contribution in [-0.4, -0.2) is 69.0 Å². The minimum absolute atomic E-state index is 0.222. The molecule has 1 heterocycles. The van der Waals surface area contributed by atoms with Crippen molar-refractivity contribution in [3.63, 3.8) is 0 Å². The summed E-state index contributed by atoms with van der Waals surface area (Å²) in [5.74, 6) is 1.05. The van der Waals surface area contributed by atoms with E-state index in [2.05, 4.69) is 4.98 Å². The van der Waals surface area contributed by atoms with Gasteiger partial charge < -0.3 is 29.1 Å². The molecule has 0 radical (unpaired) electrons. The Morgan fingerprint density at radius 2 is 0.800 bits per heavy atom. The van der Waals surface area contributed by atoms with Gasteiger partial charge in [0.1, 0.15) is 11.5 Å². The van der Waals surface area contributed by atoms with Gasteiger partial charge in [0.25, 0.3) is 11.8 Å². The van der Waals surface area contributed by atoms with Crippen molar-refractivity contribution in [2.75, 3.05) is 52.2 Å². The Balaban J connectivity index is 1.43. The molecule has 0 aliphatic heterocycles. The van der Waals surface area contributed by atoms with Gasteiger partial charge in [-0.15, -0.1) is 0 Å². The maximum atomic E-state index is 14.2. The molecule has 0 aliphatic rings. The number of methoxy groups -OCH3 is 2. The van der Waals surface area contributed by atoms with E-state index in [1.807, 2.05) is 135 Å². The second-order valence-electron chi connectivity index (χ2n) is 12.6. The number of carbonyl (C=O) groups is 2. The van der Waals surface area contributed by atoms with E-state index in [1.165, 1.54) is 12.4 Å². The standard InChI is InChI=1S/C41H45N5O4/c1-43(2)36-15-7-30(8-16-36)26-45(28-32-11-19-38(49-5)20-12-32)40(47)34-23-35(25-42-24-34)41(48)46(29-33-13-21-39(50-6)22-14-33)27-31-9-17-37(18-10-31)44(3)4/h7-25H,26-29H2,1-6H3. The molecule has 0 bridgehead atoms. The van der Waals surface area contributed by atoms with Gasteiger partial charge in [-0.1, -0.05) is 48.5 Å². The third kappa shape index (κ3) is 9.19. The van der Waals surface area contributed by atoms with Crippen LogP contribution in [0.15, 0.2) is 116 Å². The Kier molecular flexibility index (Phi) is 11.7. The van der Waals surface area contributed by atoms with Crippen LogP contribution in [0.4, 0.5) is 11.4 Å². The van der Waals surface area contributed by atoms with E-state index in [9.17, 15) is 9.59 Å². The number of nitrogens with zero attached hydrogens (tertiary/aromatic N) is 5. The molecule has 0 saturated heterocycles. The molecule has 0 fully saturated rings. The maximum Gasteiger partial charge on any atom is 0.256 e. The second-order valence-corrected chi connectivity index (χ2v) is 12.6. The minimum Gasteiger partial charge on any atom is -0.497 e. The van der Waals surface area contributed by atoms with Crippen LogP contribution in [0.5, 0.6) is 11.5 Å². The molecule has 5 rings (SSSR count). The monoisotopic (exact) mass is 671 g/mol. The topological polar surface area (TPSA) is 78.5 Å². The van der Waals surface area contributed by atoms with Gasteiger partial charge in [-0.2, -0.15) is 0 Å². The van der Waals surface area contributed by atoms with Gasteiger partial charge in [0.15, 0.2) is 0 Å². The van der Waals surface area contributed by atoms with Crippen LogP contribution >= 0.6 is 0 Å². The average molecular weight is 672 g/mol. The molecular formula is C41H45N5O4. The van der Waals surface area contributed by atoms with Crippen LogP contribution < -0.4 is 19.3 Å². The fourth-order valence-electron chi connectivity index (χ4n) is 5.58. The SMILES string of the molecule is COc1ccc(CN(Cc2ccc(N(C)C)cc2)C(=O)c2cncc(C(=O)N(Cc3ccc(OC)cc3)Cc3ccc(N(C)C)cc3)c2)cc1. The first kappa shape index (κ1) is 35.5. The predicted octanol–water partition coefficient (Wildman–Crippen LogP) is 6.92. The Labute approximate surface area is 295 Å².